The molecular formula is C19H34F6S. The third kappa shape index (κ3) is 6.39. The second kappa shape index (κ2) is 13.3. The van der Waals surface area contributed by atoms with E-state index in [1.54, 1.807) is 5.56 Å². The van der Waals surface area contributed by atoms with E-state index in [9.17, 15) is 0 Å². The number of unbranched alkanes of at least 4 members (excludes halogenated alkanes) is 2. The molecule has 7 heteroatoms. The summed E-state index contributed by atoms with van der Waals surface area (Å²) in [5.41, 5.74) is 2.81. The first-order valence-corrected chi connectivity index (χ1v) is 8.92. The first-order chi connectivity index (χ1) is 9.68. The second-order valence-electron chi connectivity index (χ2n) is 7.28. The van der Waals surface area contributed by atoms with Crippen LogP contribution in [-0.2, 0) is 5.41 Å². The van der Waals surface area contributed by atoms with Crippen molar-refractivity contribution in [2.45, 2.75) is 81.4 Å². The van der Waals surface area contributed by atoms with Crippen molar-refractivity contribution in [1.29, 1.82) is 0 Å². The highest BCUT2D eigenvalue weighted by Crippen LogP contribution is 2.59. The van der Waals surface area contributed by atoms with Gasteiger partial charge >= 0.3 is 0 Å². The summed E-state index contributed by atoms with van der Waals surface area (Å²) in [6.45, 7) is 2.32. The Balaban J connectivity index is -0.000000403. The quantitative estimate of drug-likeness (QED) is 0.301. The van der Waals surface area contributed by atoms with Gasteiger partial charge in [0.05, 0.1) is 0 Å². The smallest absolute Gasteiger partial charge is 0.00401 e. The Morgan fingerprint density at radius 1 is 0.731 bits per heavy atom. The van der Waals surface area contributed by atoms with Crippen LogP contribution < -0.4 is 0 Å². The Labute approximate surface area is 158 Å². The first-order valence-electron chi connectivity index (χ1n) is 8.48. The summed E-state index contributed by atoms with van der Waals surface area (Å²) in [5.74, 6) is 0. The van der Waals surface area contributed by atoms with E-state index in [0.717, 1.165) is 10.3 Å². The van der Waals surface area contributed by atoms with Crippen molar-refractivity contribution in [3.05, 3.63) is 29.8 Å². The molecule has 3 aliphatic carbocycles. The minimum Gasteiger partial charge on any atom is -0.269 e. The number of benzene rings is 1. The molecule has 26 heavy (non-hydrogen) atoms. The molecule has 1 aromatic rings. The SMILES string of the molecule is CCCCCC12CCC(c3ccc(S)cc3)(CC1)CC2.F.F.F.F.F.F. The molecule has 0 atom stereocenters. The van der Waals surface area contributed by atoms with Crippen LogP contribution in [0.3, 0.4) is 0 Å². The summed E-state index contributed by atoms with van der Waals surface area (Å²) >= 11 is 4.42. The van der Waals surface area contributed by atoms with E-state index in [-0.39, 0.29) is 28.2 Å². The standard InChI is InChI=1S/C19H28S.6FH/c1-2-3-4-9-18-10-13-19(14-11-18,15-12-18)16-5-7-17(20)8-6-16;;;;;;/h5-8,20H,2-4,9-15H2,1H3;6*1H. The van der Waals surface area contributed by atoms with Crippen LogP contribution in [0.1, 0.15) is 76.7 Å². The maximum absolute atomic E-state index is 4.42. The van der Waals surface area contributed by atoms with Gasteiger partial charge in [-0.1, -0.05) is 38.3 Å². The van der Waals surface area contributed by atoms with Crippen LogP contribution >= 0.6 is 12.6 Å². The lowest BCUT2D eigenvalue weighted by Gasteiger charge is -2.54. The molecule has 3 aliphatic rings. The molecular weight excluding hydrogens is 374 g/mol. The maximum atomic E-state index is 4.42. The number of hydrogen-bond acceptors (Lipinski definition) is 1. The number of fused-ring (bicyclic) bond motifs is 3. The van der Waals surface area contributed by atoms with Crippen LogP contribution in [0.25, 0.3) is 0 Å². The molecule has 0 aliphatic heterocycles. The Kier molecular flexibility index (Phi) is 16.8. The van der Waals surface area contributed by atoms with Crippen molar-refractivity contribution in [2.75, 3.05) is 0 Å². The van der Waals surface area contributed by atoms with Gasteiger partial charge in [-0.3, -0.25) is 28.2 Å². The highest BCUT2D eigenvalue weighted by atomic mass is 32.1. The molecule has 0 amide bonds. The third-order valence-electron chi connectivity index (χ3n) is 6.19. The van der Waals surface area contributed by atoms with Crippen molar-refractivity contribution in [1.82, 2.24) is 0 Å². The third-order valence-corrected chi connectivity index (χ3v) is 6.49. The summed E-state index contributed by atoms with van der Waals surface area (Å²) in [6, 6.07) is 9.01. The highest BCUT2D eigenvalue weighted by molar-refractivity contribution is 7.80. The average molecular weight is 409 g/mol. The molecule has 0 aromatic heterocycles. The fourth-order valence-electron chi connectivity index (χ4n) is 4.64. The normalized spacial score (nSPS) is 25.0. The van der Waals surface area contributed by atoms with E-state index in [4.69, 9.17) is 0 Å². The molecule has 1 aromatic carbocycles. The second-order valence-corrected chi connectivity index (χ2v) is 7.80. The summed E-state index contributed by atoms with van der Waals surface area (Å²) in [6.07, 6.45) is 14.4. The molecule has 3 saturated carbocycles. The van der Waals surface area contributed by atoms with Gasteiger partial charge in [-0.05, 0) is 73.5 Å². The van der Waals surface area contributed by atoms with Crippen molar-refractivity contribution < 1.29 is 28.2 Å². The van der Waals surface area contributed by atoms with Gasteiger partial charge < -0.3 is 0 Å². The highest BCUT2D eigenvalue weighted by Gasteiger charge is 2.48. The van der Waals surface area contributed by atoms with E-state index in [1.165, 1.54) is 64.2 Å². The minimum absolute atomic E-state index is 0. The van der Waals surface area contributed by atoms with E-state index >= 15 is 0 Å². The van der Waals surface area contributed by atoms with Crippen molar-refractivity contribution in [2.24, 2.45) is 5.41 Å². The van der Waals surface area contributed by atoms with Gasteiger partial charge in [-0.2, -0.15) is 0 Å². The van der Waals surface area contributed by atoms with Crippen LogP contribution in [0.2, 0.25) is 0 Å². The van der Waals surface area contributed by atoms with Gasteiger partial charge in [0.15, 0.2) is 0 Å². The largest absolute Gasteiger partial charge is 0.269 e. The lowest BCUT2D eigenvalue weighted by molar-refractivity contribution is 0.0305. The summed E-state index contributed by atoms with van der Waals surface area (Å²) in [7, 11) is 0. The molecule has 2 bridgehead atoms. The molecule has 0 saturated heterocycles. The van der Waals surface area contributed by atoms with Crippen molar-refractivity contribution >= 4 is 12.6 Å². The Morgan fingerprint density at radius 2 is 1.19 bits per heavy atom. The molecule has 3 fully saturated rings. The van der Waals surface area contributed by atoms with E-state index in [1.807, 2.05) is 0 Å². The van der Waals surface area contributed by atoms with Crippen LogP contribution in [-0.4, -0.2) is 0 Å². The summed E-state index contributed by atoms with van der Waals surface area (Å²) in [4.78, 5) is 1.09. The van der Waals surface area contributed by atoms with Gasteiger partial charge in [0.2, 0.25) is 0 Å². The van der Waals surface area contributed by atoms with Gasteiger partial charge in [-0.15, -0.1) is 12.6 Å². The van der Waals surface area contributed by atoms with Gasteiger partial charge in [-0.25, -0.2) is 0 Å². The zero-order valence-corrected chi connectivity index (χ0v) is 16.2. The van der Waals surface area contributed by atoms with Crippen molar-refractivity contribution in [3.63, 3.8) is 0 Å². The van der Waals surface area contributed by atoms with E-state index in [0.29, 0.717) is 5.41 Å². The zero-order chi connectivity index (χ0) is 14.1. The molecule has 4 rings (SSSR count). The van der Waals surface area contributed by atoms with E-state index < -0.39 is 0 Å². The maximum Gasteiger partial charge on any atom is 0.00401 e. The molecule has 0 spiro atoms. The van der Waals surface area contributed by atoms with E-state index in [2.05, 4.69) is 43.8 Å². The summed E-state index contributed by atoms with van der Waals surface area (Å²) in [5, 5.41) is 0. The van der Waals surface area contributed by atoms with Crippen LogP contribution in [0.5, 0.6) is 0 Å². The summed E-state index contributed by atoms with van der Waals surface area (Å²) < 4.78 is 0. The van der Waals surface area contributed by atoms with Gasteiger partial charge in [0, 0.05) is 4.90 Å². The monoisotopic (exact) mass is 408 g/mol. The van der Waals surface area contributed by atoms with Crippen molar-refractivity contribution in [3.8, 4) is 0 Å². The lowest BCUT2D eigenvalue weighted by atomic mass is 9.51. The van der Waals surface area contributed by atoms with Crippen LogP contribution in [0.4, 0.5) is 28.2 Å². The molecule has 158 valence electrons. The zero-order valence-electron chi connectivity index (χ0n) is 15.3. The first kappa shape index (κ1) is 32.8. The number of thiol groups is 1. The molecule has 0 N–H and O–H groups in total. The van der Waals surface area contributed by atoms with Crippen LogP contribution in [0.15, 0.2) is 29.2 Å². The minimum atomic E-state index is 0. The molecule has 0 radical (unpaired) electrons. The Morgan fingerprint density at radius 3 is 1.62 bits per heavy atom. The molecule has 0 heterocycles. The number of rotatable bonds is 5. The average Bonchev–Trinajstić information content (AvgIpc) is 2.50. The predicted octanol–water partition coefficient (Wildman–Crippen LogP) is 7.06. The topological polar surface area (TPSA) is 0 Å². The number of halogens is 6. The Hall–Kier alpha value is -0.850. The fraction of sp³-hybridized carbons (Fsp3) is 0.684. The lowest BCUT2D eigenvalue weighted by Crippen LogP contribution is -2.44. The molecule has 0 unspecified atom stereocenters. The van der Waals surface area contributed by atoms with Crippen LogP contribution in [0, 0.1) is 5.41 Å². The number of hydrogen-bond donors (Lipinski definition) is 1. The Bertz CT molecular complexity index is 441. The predicted molar refractivity (Wildman–Crippen MR) is 105 cm³/mol. The molecule has 0 nitrogen and oxygen atoms in total. The van der Waals surface area contributed by atoms with Gasteiger partial charge in [0.1, 0.15) is 0 Å². The van der Waals surface area contributed by atoms with Gasteiger partial charge in [0.25, 0.3) is 0 Å². The fourth-order valence-corrected chi connectivity index (χ4v) is 4.79.